The van der Waals surface area contributed by atoms with Crippen LogP contribution in [0.1, 0.15) is 21.7 Å². The van der Waals surface area contributed by atoms with Crippen molar-refractivity contribution in [3.8, 4) is 0 Å². The fraction of sp³-hybridized carbons (Fsp3) is 0.500. The molecule has 0 N–H and O–H groups in total. The Morgan fingerprint density at radius 2 is 1.00 bits per heavy atom. The molecule has 0 radical (unpaired) electrons. The fourth-order valence-corrected chi connectivity index (χ4v) is 5.11. The molecule has 0 aromatic carbocycles. The maximum atomic E-state index is 2.29. The normalized spacial score (nSPS) is 8.15. The zero-order chi connectivity index (χ0) is 7.89. The molecule has 1 aromatic heterocycles. The number of rotatable bonds is 0. The maximum absolute atomic E-state index is 2.29. The van der Waals surface area contributed by atoms with E-state index in [1.165, 1.54) is 0 Å². The molecular weight excluding hydrogens is 325 g/mol. The molecule has 1 aromatic rings. The van der Waals surface area contributed by atoms with Crippen LogP contribution in [0.3, 0.4) is 0 Å². The van der Waals surface area contributed by atoms with Crippen molar-refractivity contribution in [3.63, 3.8) is 0 Å². The summed E-state index contributed by atoms with van der Waals surface area (Å²) in [5, 5.41) is 3.31. The summed E-state index contributed by atoms with van der Waals surface area (Å²) in [4.78, 5) is 0.183. The molecule has 0 saturated carbocycles. The van der Waals surface area contributed by atoms with E-state index in [9.17, 15) is 0 Å². The van der Waals surface area contributed by atoms with Gasteiger partial charge < -0.3 is 37.2 Å². The van der Waals surface area contributed by atoms with E-state index >= 15 is 0 Å². The molecule has 0 aliphatic rings. The Morgan fingerprint density at radius 1 is 0.769 bits per heavy atom. The van der Waals surface area contributed by atoms with Crippen LogP contribution in [-0.2, 0) is 24.1 Å². The molecule has 0 unspecified atom stereocenters. The van der Waals surface area contributed by atoms with E-state index in [4.69, 9.17) is 0 Å². The summed E-state index contributed by atoms with van der Waals surface area (Å²) in [5.74, 6) is 0. The van der Waals surface area contributed by atoms with Crippen LogP contribution >= 0.6 is 4.83 Å². The van der Waals surface area contributed by atoms with Crippen molar-refractivity contribution in [3.05, 3.63) is 21.7 Å². The monoisotopic (exact) mass is 334 g/mol. The second-order valence-electron chi connectivity index (χ2n) is 2.76. The first-order valence-electron chi connectivity index (χ1n) is 3.42. The number of hydrogen-bond donors (Lipinski definition) is 0. The summed E-state index contributed by atoms with van der Waals surface area (Å²) >= 11 is 1.70. The molecule has 0 spiro atoms. The maximum Gasteiger partial charge on any atom is -1.00 e. The number of halogens is 3. The second-order valence-corrected chi connectivity index (χ2v) is 8.07. The van der Waals surface area contributed by atoms with Crippen molar-refractivity contribution in [2.24, 2.45) is 0 Å². The minimum atomic E-state index is 0. The molecule has 0 bridgehead atoms. The third kappa shape index (κ3) is 3.88. The van der Waals surface area contributed by atoms with Gasteiger partial charge in [-0.3, -0.25) is 0 Å². The van der Waals surface area contributed by atoms with Gasteiger partial charge in [-0.1, -0.05) is 0 Å². The summed E-state index contributed by atoms with van der Waals surface area (Å²) < 4.78 is 0. The van der Waals surface area contributed by atoms with Gasteiger partial charge in [0.25, 0.3) is 0 Å². The molecule has 5 heteroatoms. The zero-order valence-electron chi connectivity index (χ0n) is 8.08. The number of hydrogen-bond acceptors (Lipinski definition) is 0. The van der Waals surface area contributed by atoms with Crippen LogP contribution in [0.15, 0.2) is 0 Å². The molecule has 0 nitrogen and oxygen atoms in total. The summed E-state index contributed by atoms with van der Waals surface area (Å²) in [6.07, 6.45) is 0. The third-order valence-electron chi connectivity index (χ3n) is 2.32. The van der Waals surface area contributed by atoms with Gasteiger partial charge in [0.05, 0.1) is 0 Å². The van der Waals surface area contributed by atoms with Gasteiger partial charge in [-0.15, -0.1) is 0 Å². The average Bonchev–Trinajstić information content (AvgIpc) is 2.07. The summed E-state index contributed by atoms with van der Waals surface area (Å²) in [5.41, 5.74) is 3.11. The largest absolute Gasteiger partial charge is 1.00 e. The van der Waals surface area contributed by atoms with E-state index < -0.39 is 0 Å². The molecule has 0 saturated heterocycles. The molecule has 13 heavy (non-hydrogen) atoms. The Labute approximate surface area is 115 Å². The predicted molar refractivity (Wildman–Crippen MR) is 43.5 cm³/mol. The van der Waals surface area contributed by atoms with Crippen LogP contribution in [0, 0.1) is 27.7 Å². The van der Waals surface area contributed by atoms with Gasteiger partial charge in [-0.05, 0) is 0 Å². The summed E-state index contributed by atoms with van der Waals surface area (Å²) in [6.45, 7) is 9.08. The first-order valence-corrected chi connectivity index (χ1v) is 8.06. The van der Waals surface area contributed by atoms with Gasteiger partial charge in [-0.25, -0.2) is 0 Å². The summed E-state index contributed by atoms with van der Waals surface area (Å²) in [6, 6.07) is 0. The SMILES string of the molecule is Cc1c(C)c(C)[p]([Zr+3])c1C.[Cl-].[Cl-].[Cl-]. The van der Waals surface area contributed by atoms with E-state index in [0.717, 1.165) is 0 Å². The minimum Gasteiger partial charge on any atom is -1.00 e. The Kier molecular flexibility index (Phi) is 12.0. The molecule has 0 aliphatic carbocycles. The molecule has 0 fully saturated rings. The van der Waals surface area contributed by atoms with Crippen molar-refractivity contribution in [2.45, 2.75) is 27.7 Å². The average molecular weight is 337 g/mol. The van der Waals surface area contributed by atoms with Crippen LogP contribution < -0.4 is 37.2 Å². The minimum absolute atomic E-state index is 0. The Bertz CT molecular complexity index is 191. The van der Waals surface area contributed by atoms with Crippen molar-refractivity contribution in [1.29, 1.82) is 0 Å². The smallest absolute Gasteiger partial charge is 1.00 e. The predicted octanol–water partition coefficient (Wildman–Crippen LogP) is -5.77. The van der Waals surface area contributed by atoms with Gasteiger partial charge in [0.1, 0.15) is 0 Å². The van der Waals surface area contributed by atoms with E-state index in [1.54, 1.807) is 45.9 Å². The van der Waals surface area contributed by atoms with E-state index in [2.05, 4.69) is 27.7 Å². The molecule has 0 amide bonds. The molecule has 0 atom stereocenters. The molecule has 0 aliphatic heterocycles. The van der Waals surface area contributed by atoms with Crippen LogP contribution in [0.2, 0.25) is 0 Å². The van der Waals surface area contributed by atoms with Gasteiger partial charge in [-0.2, -0.15) is 0 Å². The van der Waals surface area contributed by atoms with Crippen molar-refractivity contribution in [2.75, 3.05) is 0 Å². The molecule has 1 rings (SSSR count). The van der Waals surface area contributed by atoms with Gasteiger partial charge in [0.2, 0.25) is 0 Å². The Balaban J connectivity index is -0.000000333. The van der Waals surface area contributed by atoms with Gasteiger partial charge >= 0.3 is 78.4 Å². The third-order valence-corrected chi connectivity index (χ3v) is 9.28. The van der Waals surface area contributed by atoms with Crippen LogP contribution in [0.4, 0.5) is 0 Å². The zero-order valence-corrected chi connectivity index (χ0v) is 13.7. The van der Waals surface area contributed by atoms with Crippen LogP contribution in [0.5, 0.6) is 0 Å². The van der Waals surface area contributed by atoms with Gasteiger partial charge in [0, 0.05) is 0 Å². The standard InChI is InChI=1S/C8H12P.3ClH.Zr/c1-5-6(2)8(4)9-7(5)3;;;;/h1-4H3;3*1H;/q-1;;;;+4/p-3. The van der Waals surface area contributed by atoms with Crippen LogP contribution in [-0.4, -0.2) is 0 Å². The fourth-order valence-electron chi connectivity index (χ4n) is 1.13. The Hall–Kier alpha value is 1.53. The first-order chi connectivity index (χ1) is 4.55. The van der Waals surface area contributed by atoms with Crippen molar-refractivity contribution in [1.82, 2.24) is 0 Å². The second kappa shape index (κ2) is 7.78. The first kappa shape index (κ1) is 20.0. The molecule has 74 valence electrons. The molecule has 1 heterocycles. The van der Waals surface area contributed by atoms with Crippen molar-refractivity contribution < 1.29 is 61.4 Å². The quantitative estimate of drug-likeness (QED) is 0.443. The van der Waals surface area contributed by atoms with E-state index in [-0.39, 0.29) is 42.0 Å². The van der Waals surface area contributed by atoms with Crippen molar-refractivity contribution >= 4 is 4.83 Å². The van der Waals surface area contributed by atoms with E-state index in [1.807, 2.05) is 0 Å². The van der Waals surface area contributed by atoms with E-state index in [0.29, 0.717) is 0 Å². The Morgan fingerprint density at radius 3 is 1.08 bits per heavy atom. The van der Waals surface area contributed by atoms with Gasteiger partial charge in [0.15, 0.2) is 0 Å². The summed E-state index contributed by atoms with van der Waals surface area (Å²) in [7, 11) is 0. The molecular formula is C8H12Cl3PZr. The topological polar surface area (TPSA) is 0 Å². The van der Waals surface area contributed by atoms with Crippen LogP contribution in [0.25, 0.3) is 0 Å².